The maximum absolute atomic E-state index is 11.8. The van der Waals surface area contributed by atoms with E-state index in [1.807, 2.05) is 13.8 Å². The predicted octanol–water partition coefficient (Wildman–Crippen LogP) is 2.74. The number of phenols is 1. The molecule has 5 nitrogen and oxygen atoms in total. The Labute approximate surface area is 142 Å². The van der Waals surface area contributed by atoms with E-state index in [0.717, 1.165) is 31.5 Å². The number of hydrogen-bond acceptors (Lipinski definition) is 5. The summed E-state index contributed by atoms with van der Waals surface area (Å²) in [4.78, 5) is 14.6. The molecule has 0 aliphatic carbocycles. The summed E-state index contributed by atoms with van der Waals surface area (Å²) in [6, 6.07) is 5.15. The number of piperidine rings is 1. The molecule has 1 fully saturated rings. The second kappa shape index (κ2) is 8.15. The summed E-state index contributed by atoms with van der Waals surface area (Å²) in [6.45, 7) is 6.05. The molecular weight excluding hydrogens is 314 g/mol. The van der Waals surface area contributed by atoms with E-state index in [9.17, 15) is 9.90 Å². The van der Waals surface area contributed by atoms with Crippen molar-refractivity contribution in [2.45, 2.75) is 26.7 Å². The fraction of sp³-hybridized carbons (Fsp3) is 0.529. The molecular formula is C17H23NO4S. The summed E-state index contributed by atoms with van der Waals surface area (Å²) in [7, 11) is 0. The lowest BCUT2D eigenvalue weighted by molar-refractivity contribution is -0.149. The summed E-state index contributed by atoms with van der Waals surface area (Å²) >= 11 is 5.56. The van der Waals surface area contributed by atoms with Gasteiger partial charge in [0.25, 0.3) is 0 Å². The molecule has 126 valence electrons. The fourth-order valence-electron chi connectivity index (χ4n) is 2.68. The summed E-state index contributed by atoms with van der Waals surface area (Å²) in [5.41, 5.74) is 0.843. The number of nitrogens with zero attached hydrogens (tertiary/aromatic N) is 1. The monoisotopic (exact) mass is 337 g/mol. The van der Waals surface area contributed by atoms with E-state index in [0.29, 0.717) is 24.0 Å². The van der Waals surface area contributed by atoms with Gasteiger partial charge in [-0.05, 0) is 44.9 Å². The van der Waals surface area contributed by atoms with Crippen LogP contribution >= 0.6 is 12.2 Å². The van der Waals surface area contributed by atoms with Gasteiger partial charge >= 0.3 is 5.97 Å². The van der Waals surface area contributed by atoms with Gasteiger partial charge < -0.3 is 19.5 Å². The van der Waals surface area contributed by atoms with Gasteiger partial charge in [-0.3, -0.25) is 4.79 Å². The van der Waals surface area contributed by atoms with Gasteiger partial charge in [-0.1, -0.05) is 12.2 Å². The first kappa shape index (κ1) is 17.5. The Hall–Kier alpha value is -1.82. The van der Waals surface area contributed by atoms with Crippen LogP contribution in [0.3, 0.4) is 0 Å². The van der Waals surface area contributed by atoms with Crippen LogP contribution < -0.4 is 4.74 Å². The lowest BCUT2D eigenvalue weighted by Crippen LogP contribution is -2.40. The Morgan fingerprint density at radius 1 is 1.30 bits per heavy atom. The first-order valence-electron chi connectivity index (χ1n) is 7.98. The number of benzene rings is 1. The van der Waals surface area contributed by atoms with Gasteiger partial charge in [0, 0.05) is 18.7 Å². The van der Waals surface area contributed by atoms with Crippen LogP contribution in [0.25, 0.3) is 0 Å². The Morgan fingerprint density at radius 2 is 2.00 bits per heavy atom. The van der Waals surface area contributed by atoms with Crippen molar-refractivity contribution in [3.63, 3.8) is 0 Å². The van der Waals surface area contributed by atoms with Crippen molar-refractivity contribution in [2.24, 2.45) is 5.92 Å². The van der Waals surface area contributed by atoms with Crippen LogP contribution in [0.2, 0.25) is 0 Å². The molecule has 1 aromatic rings. The number of phenolic OH excluding ortho intramolecular Hbond substituents is 1. The predicted molar refractivity (Wildman–Crippen MR) is 91.9 cm³/mol. The maximum Gasteiger partial charge on any atom is 0.309 e. The van der Waals surface area contributed by atoms with E-state index in [-0.39, 0.29) is 17.6 Å². The van der Waals surface area contributed by atoms with Gasteiger partial charge in [-0.2, -0.15) is 0 Å². The highest BCUT2D eigenvalue weighted by atomic mass is 32.1. The molecule has 0 atom stereocenters. The second-order valence-electron chi connectivity index (χ2n) is 5.43. The molecule has 0 amide bonds. The number of hydrogen-bond donors (Lipinski definition) is 1. The molecule has 1 saturated heterocycles. The van der Waals surface area contributed by atoms with Crippen LogP contribution in [0.4, 0.5) is 0 Å². The minimum atomic E-state index is -0.110. The molecule has 0 aromatic heterocycles. The zero-order valence-corrected chi connectivity index (χ0v) is 14.4. The number of likely N-dealkylation sites (tertiary alicyclic amines) is 1. The smallest absolute Gasteiger partial charge is 0.309 e. The average molecular weight is 337 g/mol. The second-order valence-corrected chi connectivity index (χ2v) is 5.82. The first-order valence-corrected chi connectivity index (χ1v) is 8.39. The normalized spacial score (nSPS) is 15.3. The number of esters is 1. The van der Waals surface area contributed by atoms with E-state index in [1.165, 1.54) is 0 Å². The summed E-state index contributed by atoms with van der Waals surface area (Å²) in [5, 5.41) is 9.77. The summed E-state index contributed by atoms with van der Waals surface area (Å²) in [5.74, 6) is 0.405. The van der Waals surface area contributed by atoms with E-state index in [4.69, 9.17) is 21.7 Å². The van der Waals surface area contributed by atoms with E-state index in [1.54, 1.807) is 18.2 Å². The molecule has 0 bridgehead atoms. The maximum atomic E-state index is 11.8. The number of thiocarbonyl (C=S) groups is 1. The fourth-order valence-corrected chi connectivity index (χ4v) is 2.99. The Bertz CT molecular complexity index is 568. The summed E-state index contributed by atoms with van der Waals surface area (Å²) < 4.78 is 10.5. The van der Waals surface area contributed by atoms with E-state index >= 15 is 0 Å². The van der Waals surface area contributed by atoms with Crippen molar-refractivity contribution in [3.05, 3.63) is 23.8 Å². The minimum Gasteiger partial charge on any atom is -0.504 e. The number of rotatable bonds is 5. The molecule has 1 aromatic carbocycles. The largest absolute Gasteiger partial charge is 0.504 e. The molecule has 6 heteroatoms. The van der Waals surface area contributed by atoms with Crippen LogP contribution in [0, 0.1) is 5.92 Å². The van der Waals surface area contributed by atoms with Gasteiger partial charge in [0.05, 0.1) is 19.1 Å². The third-order valence-electron chi connectivity index (χ3n) is 3.91. The van der Waals surface area contributed by atoms with Crippen molar-refractivity contribution in [1.29, 1.82) is 0 Å². The van der Waals surface area contributed by atoms with E-state index < -0.39 is 0 Å². The van der Waals surface area contributed by atoms with Crippen LogP contribution in [-0.2, 0) is 9.53 Å². The molecule has 2 rings (SSSR count). The first-order chi connectivity index (χ1) is 11.1. The third kappa shape index (κ3) is 4.34. The number of ether oxygens (including phenoxy) is 2. The highest BCUT2D eigenvalue weighted by Gasteiger charge is 2.27. The Kier molecular flexibility index (Phi) is 6.21. The zero-order valence-electron chi connectivity index (χ0n) is 13.6. The Morgan fingerprint density at radius 3 is 2.61 bits per heavy atom. The van der Waals surface area contributed by atoms with Crippen LogP contribution in [-0.4, -0.2) is 47.3 Å². The topological polar surface area (TPSA) is 59.0 Å². The summed E-state index contributed by atoms with van der Waals surface area (Å²) in [6.07, 6.45) is 1.49. The molecule has 1 heterocycles. The lowest BCUT2D eigenvalue weighted by atomic mass is 9.96. The molecule has 0 unspecified atom stereocenters. The van der Waals surface area contributed by atoms with E-state index in [2.05, 4.69) is 4.90 Å². The van der Waals surface area contributed by atoms with Gasteiger partial charge in [-0.25, -0.2) is 0 Å². The van der Waals surface area contributed by atoms with Gasteiger partial charge in [0.2, 0.25) is 0 Å². The van der Waals surface area contributed by atoms with Gasteiger partial charge in [-0.15, -0.1) is 0 Å². The zero-order chi connectivity index (χ0) is 16.8. The standard InChI is InChI=1S/C17H23NO4S/c1-3-21-15-11-13(5-6-14(15)19)16(23)18-9-7-12(8-10-18)17(20)22-4-2/h5-6,11-12,19H,3-4,7-10H2,1-2H3. The van der Waals surface area contributed by atoms with Crippen molar-refractivity contribution in [3.8, 4) is 11.5 Å². The molecule has 0 spiro atoms. The quantitative estimate of drug-likeness (QED) is 0.658. The molecule has 0 saturated carbocycles. The number of carbonyl (C=O) groups excluding carboxylic acids is 1. The highest BCUT2D eigenvalue weighted by Crippen LogP contribution is 2.28. The molecule has 23 heavy (non-hydrogen) atoms. The number of carbonyl (C=O) groups is 1. The SMILES string of the molecule is CCOC(=O)C1CCN(C(=S)c2ccc(O)c(OCC)c2)CC1. The minimum absolute atomic E-state index is 0.0344. The molecule has 1 N–H and O–H groups in total. The molecule has 1 aliphatic heterocycles. The van der Waals surface area contributed by atoms with Crippen molar-refractivity contribution in [1.82, 2.24) is 4.90 Å². The third-order valence-corrected chi connectivity index (χ3v) is 4.40. The lowest BCUT2D eigenvalue weighted by Gasteiger charge is -2.32. The highest BCUT2D eigenvalue weighted by molar-refractivity contribution is 7.80. The molecule has 1 aliphatic rings. The van der Waals surface area contributed by atoms with Crippen LogP contribution in [0.1, 0.15) is 32.3 Å². The van der Waals surface area contributed by atoms with Gasteiger partial charge in [0.1, 0.15) is 4.99 Å². The number of aromatic hydroxyl groups is 1. The van der Waals surface area contributed by atoms with Crippen molar-refractivity contribution in [2.75, 3.05) is 26.3 Å². The van der Waals surface area contributed by atoms with Crippen LogP contribution in [0.5, 0.6) is 11.5 Å². The van der Waals surface area contributed by atoms with Crippen LogP contribution in [0.15, 0.2) is 18.2 Å². The van der Waals surface area contributed by atoms with Gasteiger partial charge in [0.15, 0.2) is 11.5 Å². The average Bonchev–Trinajstić information content (AvgIpc) is 2.57. The van der Waals surface area contributed by atoms with Crippen molar-refractivity contribution < 1.29 is 19.4 Å². The Balaban J connectivity index is 2.00. The molecule has 0 radical (unpaired) electrons. The van der Waals surface area contributed by atoms with Crippen molar-refractivity contribution >= 4 is 23.2 Å².